The van der Waals surface area contributed by atoms with Crippen LogP contribution in [0.3, 0.4) is 0 Å². The first-order valence-electron chi connectivity index (χ1n) is 9.90. The molecule has 1 aliphatic heterocycles. The summed E-state index contributed by atoms with van der Waals surface area (Å²) in [6.07, 6.45) is 4.62. The van der Waals surface area contributed by atoms with Gasteiger partial charge in [-0.1, -0.05) is 0 Å². The summed E-state index contributed by atoms with van der Waals surface area (Å²) in [5, 5.41) is 3.09. The van der Waals surface area contributed by atoms with E-state index >= 15 is 0 Å². The van der Waals surface area contributed by atoms with Crippen LogP contribution in [0, 0.1) is 12.7 Å². The second-order valence-electron chi connectivity index (χ2n) is 7.62. The Hall–Kier alpha value is -3.33. The summed E-state index contributed by atoms with van der Waals surface area (Å²) < 4.78 is 20.2. The highest BCUT2D eigenvalue weighted by Gasteiger charge is 2.32. The highest BCUT2D eigenvalue weighted by molar-refractivity contribution is 5.88. The largest absolute Gasteiger partial charge is 0.421 e. The molecule has 0 saturated carbocycles. The molecule has 1 saturated heterocycles. The van der Waals surface area contributed by atoms with E-state index in [2.05, 4.69) is 25.2 Å². The van der Waals surface area contributed by atoms with Gasteiger partial charge in [0, 0.05) is 43.9 Å². The molecule has 3 aromatic rings. The van der Waals surface area contributed by atoms with Crippen molar-refractivity contribution in [3.63, 3.8) is 0 Å². The molecular weight excluding hydrogens is 385 g/mol. The van der Waals surface area contributed by atoms with Gasteiger partial charge in [0.05, 0.1) is 18.1 Å². The molecule has 154 valence electrons. The van der Waals surface area contributed by atoms with Crippen molar-refractivity contribution in [1.29, 1.82) is 0 Å². The minimum Gasteiger partial charge on any atom is -0.421 e. The Morgan fingerprint density at radius 2 is 2.03 bits per heavy atom. The minimum atomic E-state index is -0.299. The van der Waals surface area contributed by atoms with E-state index in [1.807, 2.05) is 0 Å². The Morgan fingerprint density at radius 3 is 2.73 bits per heavy atom. The number of benzene rings is 1. The Balaban J connectivity index is 1.63. The average molecular weight is 407 g/mol. The molecule has 1 aliphatic carbocycles. The fourth-order valence-corrected chi connectivity index (χ4v) is 4.11. The van der Waals surface area contributed by atoms with E-state index in [1.54, 1.807) is 32.4 Å². The fourth-order valence-electron chi connectivity index (χ4n) is 4.11. The number of halogens is 1. The van der Waals surface area contributed by atoms with E-state index in [9.17, 15) is 4.39 Å². The Kier molecular flexibility index (Phi) is 4.47. The van der Waals surface area contributed by atoms with E-state index in [0.29, 0.717) is 24.5 Å². The quantitative estimate of drug-likeness (QED) is 0.532. The van der Waals surface area contributed by atoms with Crippen LogP contribution in [0.5, 0.6) is 11.8 Å². The molecule has 0 bridgehead atoms. The molecule has 9 heteroatoms. The number of aryl methyl sites for hydroxylation is 1. The number of fused-ring (bicyclic) bond motifs is 3. The molecule has 1 atom stereocenters. The van der Waals surface area contributed by atoms with Gasteiger partial charge in [-0.05, 0) is 36.6 Å². The minimum absolute atomic E-state index is 0.0757. The fraction of sp³-hybridized carbons (Fsp3) is 0.333. The molecule has 0 spiro atoms. The van der Waals surface area contributed by atoms with E-state index < -0.39 is 0 Å². The monoisotopic (exact) mass is 407 g/mol. The summed E-state index contributed by atoms with van der Waals surface area (Å²) >= 11 is 0. The molecule has 0 amide bonds. The Morgan fingerprint density at radius 1 is 1.23 bits per heavy atom. The van der Waals surface area contributed by atoms with Gasteiger partial charge in [0.25, 0.3) is 0 Å². The van der Waals surface area contributed by atoms with Crippen LogP contribution in [0.25, 0.3) is 11.1 Å². The van der Waals surface area contributed by atoms with Crippen LogP contribution in [0.1, 0.15) is 23.5 Å². The predicted molar refractivity (Wildman–Crippen MR) is 111 cm³/mol. The molecule has 1 aromatic carbocycles. The van der Waals surface area contributed by atoms with Crippen LogP contribution >= 0.6 is 0 Å². The van der Waals surface area contributed by atoms with Gasteiger partial charge in [-0.2, -0.15) is 9.97 Å². The molecule has 0 radical (unpaired) electrons. The van der Waals surface area contributed by atoms with Crippen molar-refractivity contribution in [3.8, 4) is 22.9 Å². The van der Waals surface area contributed by atoms with Crippen LogP contribution in [0.15, 0.2) is 24.5 Å². The Labute approximate surface area is 173 Å². The van der Waals surface area contributed by atoms with Crippen molar-refractivity contribution in [3.05, 3.63) is 47.4 Å². The zero-order valence-corrected chi connectivity index (χ0v) is 16.8. The molecule has 30 heavy (non-hydrogen) atoms. The van der Waals surface area contributed by atoms with Gasteiger partial charge in [-0.15, -0.1) is 0 Å². The number of nitrogens with one attached hydrogen (secondary N) is 1. The lowest BCUT2D eigenvalue weighted by Gasteiger charge is -2.21. The zero-order chi connectivity index (χ0) is 20.8. The van der Waals surface area contributed by atoms with Crippen molar-refractivity contribution >= 4 is 11.5 Å². The molecular formula is C21H22FN7O. The average Bonchev–Trinajstić information content (AvgIpc) is 3.32. The number of nitrogens with two attached hydrogens (primary N) is 1. The second kappa shape index (κ2) is 7.17. The van der Waals surface area contributed by atoms with Crippen LogP contribution in [-0.4, -0.2) is 46.1 Å². The van der Waals surface area contributed by atoms with Gasteiger partial charge in [0.1, 0.15) is 17.5 Å². The normalized spacial score (nSPS) is 17.1. The highest BCUT2D eigenvalue weighted by atomic mass is 19.1. The van der Waals surface area contributed by atoms with Gasteiger partial charge in [-0.3, -0.25) is 0 Å². The van der Waals surface area contributed by atoms with Crippen LogP contribution in [0.4, 0.5) is 15.9 Å². The number of ether oxygens (including phenoxy) is 1. The van der Waals surface area contributed by atoms with Crippen molar-refractivity contribution < 1.29 is 9.13 Å². The highest BCUT2D eigenvalue weighted by Crippen LogP contribution is 2.45. The third-order valence-corrected chi connectivity index (χ3v) is 5.53. The van der Waals surface area contributed by atoms with Gasteiger partial charge in [-0.25, -0.2) is 14.4 Å². The molecule has 8 nitrogen and oxygen atoms in total. The molecule has 0 unspecified atom stereocenters. The lowest BCUT2D eigenvalue weighted by atomic mass is 10.0. The Bertz CT molecular complexity index is 1120. The maximum Gasteiger partial charge on any atom is 0.324 e. The van der Waals surface area contributed by atoms with Crippen molar-refractivity contribution in [2.45, 2.75) is 25.8 Å². The third kappa shape index (κ3) is 3.21. The summed E-state index contributed by atoms with van der Waals surface area (Å²) in [7, 11) is 1.79. The van der Waals surface area contributed by atoms with E-state index in [0.717, 1.165) is 46.9 Å². The summed E-state index contributed by atoms with van der Waals surface area (Å²) in [4.78, 5) is 19.8. The van der Waals surface area contributed by atoms with Gasteiger partial charge >= 0.3 is 6.01 Å². The first-order valence-corrected chi connectivity index (χ1v) is 9.90. The molecule has 5 rings (SSSR count). The molecule has 1 fully saturated rings. The maximum absolute atomic E-state index is 14.3. The van der Waals surface area contributed by atoms with E-state index in [4.69, 9.17) is 15.5 Å². The number of nitrogens with zero attached hydrogens (tertiary/aromatic N) is 5. The summed E-state index contributed by atoms with van der Waals surface area (Å²) in [6.45, 7) is 3.27. The molecule has 2 aliphatic rings. The zero-order valence-electron chi connectivity index (χ0n) is 16.8. The van der Waals surface area contributed by atoms with E-state index in [-0.39, 0.29) is 17.9 Å². The molecule has 3 heterocycles. The molecule has 3 N–H and O–H groups in total. The topological polar surface area (TPSA) is 102 Å². The second-order valence-corrected chi connectivity index (χ2v) is 7.62. The number of hydrogen-bond acceptors (Lipinski definition) is 8. The lowest BCUT2D eigenvalue weighted by Crippen LogP contribution is -2.27. The first-order chi connectivity index (χ1) is 14.5. The van der Waals surface area contributed by atoms with Crippen molar-refractivity contribution in [1.82, 2.24) is 19.9 Å². The van der Waals surface area contributed by atoms with Crippen LogP contribution < -0.4 is 20.7 Å². The maximum atomic E-state index is 14.3. The number of aromatic nitrogens is 4. The van der Waals surface area contributed by atoms with Crippen molar-refractivity contribution in [2.24, 2.45) is 5.73 Å². The van der Waals surface area contributed by atoms with Crippen LogP contribution in [0.2, 0.25) is 0 Å². The summed E-state index contributed by atoms with van der Waals surface area (Å²) in [6, 6.07) is 3.35. The smallest absolute Gasteiger partial charge is 0.324 e. The van der Waals surface area contributed by atoms with Crippen molar-refractivity contribution in [2.75, 3.05) is 30.4 Å². The standard InChI is InChI=1S/C21H22FN7O/c1-11-25-8-14(9-26-11)30-21-27-18-7-15-16(5-12(22)6-17(15)24-2)19(18)20(28-21)29-4-3-13(23)10-29/h5-6,8-9,13,24H,3-4,7,10,23H2,1-2H3/t13-/m1/s1. The number of anilines is 2. The SMILES string of the molecule is CNc1cc(F)cc2c1Cc1nc(Oc3cnc(C)nc3)nc(N3CC[C@@H](N)C3)c1-2. The lowest BCUT2D eigenvalue weighted by molar-refractivity contribution is 0.435. The van der Waals surface area contributed by atoms with E-state index in [1.165, 1.54) is 6.07 Å². The van der Waals surface area contributed by atoms with Gasteiger partial charge in [0.15, 0.2) is 5.75 Å². The van der Waals surface area contributed by atoms with Crippen LogP contribution in [-0.2, 0) is 6.42 Å². The third-order valence-electron chi connectivity index (χ3n) is 5.53. The molecule has 2 aromatic heterocycles. The van der Waals surface area contributed by atoms with Gasteiger partial charge < -0.3 is 20.7 Å². The summed E-state index contributed by atoms with van der Waals surface area (Å²) in [5.41, 5.74) is 10.4. The number of rotatable bonds is 4. The summed E-state index contributed by atoms with van der Waals surface area (Å²) in [5.74, 6) is 1.54. The predicted octanol–water partition coefficient (Wildman–Crippen LogP) is 2.66. The first kappa shape index (κ1) is 18.7. The van der Waals surface area contributed by atoms with Gasteiger partial charge in [0.2, 0.25) is 0 Å². The number of hydrogen-bond donors (Lipinski definition) is 2.